The van der Waals surface area contributed by atoms with E-state index in [1.54, 1.807) is 14.0 Å². The van der Waals surface area contributed by atoms with Gasteiger partial charge < -0.3 is 19.0 Å². The van der Waals surface area contributed by atoms with Crippen LogP contribution in [0.2, 0.25) is 0 Å². The summed E-state index contributed by atoms with van der Waals surface area (Å²) in [5, 5.41) is 9.01. The van der Waals surface area contributed by atoms with Crippen LogP contribution in [0, 0.1) is 6.92 Å². The molecule has 0 saturated carbocycles. The standard InChI is InChI=1S/C13H21NO5/c1-10-8-11(19-12(10)13(16)18-3)9-14(4-6-15)5-7-17-2/h8,15H,4-7,9H2,1-3H3. The molecule has 0 aromatic carbocycles. The van der Waals surface area contributed by atoms with Crippen LogP contribution in [0.1, 0.15) is 21.9 Å². The number of rotatable bonds is 8. The number of esters is 1. The van der Waals surface area contributed by atoms with Crippen LogP contribution in [0.15, 0.2) is 10.5 Å². The fourth-order valence-corrected chi connectivity index (χ4v) is 1.77. The normalized spacial score (nSPS) is 11.0. The number of nitrogens with zero attached hydrogens (tertiary/aromatic N) is 1. The average molecular weight is 271 g/mol. The summed E-state index contributed by atoms with van der Waals surface area (Å²) in [6, 6.07) is 1.81. The zero-order chi connectivity index (χ0) is 14.3. The van der Waals surface area contributed by atoms with Gasteiger partial charge in [0.15, 0.2) is 0 Å². The summed E-state index contributed by atoms with van der Waals surface area (Å²) in [7, 11) is 2.95. The van der Waals surface area contributed by atoms with Crippen LogP contribution in [-0.2, 0) is 16.0 Å². The molecule has 1 aromatic rings. The van der Waals surface area contributed by atoms with Crippen LogP contribution in [0.5, 0.6) is 0 Å². The summed E-state index contributed by atoms with van der Waals surface area (Å²) in [4.78, 5) is 13.4. The zero-order valence-corrected chi connectivity index (χ0v) is 11.6. The highest BCUT2D eigenvalue weighted by Gasteiger charge is 2.17. The van der Waals surface area contributed by atoms with Crippen molar-refractivity contribution in [1.29, 1.82) is 0 Å². The number of carbonyl (C=O) groups is 1. The summed E-state index contributed by atoms with van der Waals surface area (Å²) in [6.45, 7) is 4.16. The molecule has 0 spiro atoms. The number of carbonyl (C=O) groups excluding carboxylic acids is 1. The lowest BCUT2D eigenvalue weighted by Gasteiger charge is -2.19. The van der Waals surface area contributed by atoms with Gasteiger partial charge in [-0.15, -0.1) is 0 Å². The molecule has 0 aliphatic rings. The van der Waals surface area contributed by atoms with Gasteiger partial charge in [-0.25, -0.2) is 4.79 Å². The van der Waals surface area contributed by atoms with Gasteiger partial charge in [-0.05, 0) is 13.0 Å². The average Bonchev–Trinajstić information content (AvgIpc) is 2.76. The molecule has 1 rings (SSSR count). The zero-order valence-electron chi connectivity index (χ0n) is 11.6. The van der Waals surface area contributed by atoms with E-state index in [-0.39, 0.29) is 12.4 Å². The quantitative estimate of drug-likeness (QED) is 0.706. The number of aryl methyl sites for hydroxylation is 1. The molecule has 1 N–H and O–H groups in total. The van der Waals surface area contributed by atoms with E-state index < -0.39 is 5.97 Å². The molecule has 6 heteroatoms. The molecule has 0 radical (unpaired) electrons. The van der Waals surface area contributed by atoms with Gasteiger partial charge in [0.2, 0.25) is 5.76 Å². The van der Waals surface area contributed by atoms with Gasteiger partial charge in [-0.3, -0.25) is 4.90 Å². The van der Waals surface area contributed by atoms with Crippen molar-refractivity contribution in [2.45, 2.75) is 13.5 Å². The predicted octanol–water partition coefficient (Wildman–Crippen LogP) is 0.815. The summed E-state index contributed by atoms with van der Waals surface area (Å²) in [6.07, 6.45) is 0. The number of aliphatic hydroxyl groups excluding tert-OH is 1. The largest absolute Gasteiger partial charge is 0.463 e. The summed E-state index contributed by atoms with van der Waals surface area (Å²) in [5.41, 5.74) is 0.748. The molecule has 1 aromatic heterocycles. The van der Waals surface area contributed by atoms with E-state index in [0.717, 1.165) is 5.56 Å². The molecular weight excluding hydrogens is 250 g/mol. The monoisotopic (exact) mass is 271 g/mol. The Morgan fingerprint density at radius 1 is 1.42 bits per heavy atom. The van der Waals surface area contributed by atoms with Crippen LogP contribution in [0.4, 0.5) is 0 Å². The molecule has 0 aliphatic heterocycles. The third-order valence-electron chi connectivity index (χ3n) is 2.75. The SMILES string of the molecule is COCCN(CCO)Cc1cc(C)c(C(=O)OC)o1. The number of methoxy groups -OCH3 is 2. The Kier molecular flexibility index (Phi) is 6.55. The molecule has 0 fully saturated rings. The third kappa shape index (κ3) is 4.66. The van der Waals surface area contributed by atoms with E-state index in [2.05, 4.69) is 4.74 Å². The molecule has 0 aliphatic carbocycles. The maximum Gasteiger partial charge on any atom is 0.374 e. The predicted molar refractivity (Wildman–Crippen MR) is 69.0 cm³/mol. The molecule has 0 saturated heterocycles. The van der Waals surface area contributed by atoms with Gasteiger partial charge in [0.25, 0.3) is 0 Å². The van der Waals surface area contributed by atoms with Crippen molar-refractivity contribution in [1.82, 2.24) is 4.90 Å². The number of aliphatic hydroxyl groups is 1. The van der Waals surface area contributed by atoms with Gasteiger partial charge in [-0.1, -0.05) is 0 Å². The van der Waals surface area contributed by atoms with E-state index in [9.17, 15) is 4.79 Å². The van der Waals surface area contributed by atoms with Gasteiger partial charge in [0, 0.05) is 25.8 Å². The second-order valence-electron chi connectivity index (χ2n) is 4.21. The molecule has 1 heterocycles. The Labute approximate surface area is 112 Å². The number of furan rings is 1. The lowest BCUT2D eigenvalue weighted by molar-refractivity contribution is 0.0558. The van der Waals surface area contributed by atoms with E-state index in [1.165, 1.54) is 7.11 Å². The molecule has 108 valence electrons. The minimum Gasteiger partial charge on any atom is -0.463 e. The number of ether oxygens (including phenoxy) is 2. The first-order valence-electron chi connectivity index (χ1n) is 6.12. The van der Waals surface area contributed by atoms with Crippen LogP contribution in [0.3, 0.4) is 0 Å². The van der Waals surface area contributed by atoms with Crippen molar-refractivity contribution in [2.24, 2.45) is 0 Å². The second-order valence-corrected chi connectivity index (χ2v) is 4.21. The smallest absolute Gasteiger partial charge is 0.374 e. The fourth-order valence-electron chi connectivity index (χ4n) is 1.77. The van der Waals surface area contributed by atoms with E-state index >= 15 is 0 Å². The molecule has 0 unspecified atom stereocenters. The van der Waals surface area contributed by atoms with Gasteiger partial charge in [-0.2, -0.15) is 0 Å². The molecule has 0 bridgehead atoms. The number of hydrogen-bond donors (Lipinski definition) is 1. The van der Waals surface area contributed by atoms with Crippen molar-refractivity contribution >= 4 is 5.97 Å². The minimum atomic E-state index is -0.477. The maximum atomic E-state index is 11.4. The molecule has 0 amide bonds. The highest BCUT2D eigenvalue weighted by molar-refractivity contribution is 5.87. The Hall–Kier alpha value is -1.37. The van der Waals surface area contributed by atoms with Crippen LogP contribution >= 0.6 is 0 Å². The van der Waals surface area contributed by atoms with Crippen molar-refractivity contribution in [3.05, 3.63) is 23.2 Å². The first-order valence-corrected chi connectivity index (χ1v) is 6.12. The maximum absolute atomic E-state index is 11.4. The van der Waals surface area contributed by atoms with Crippen molar-refractivity contribution in [2.75, 3.05) is 40.5 Å². The van der Waals surface area contributed by atoms with Crippen LogP contribution in [-0.4, -0.2) is 56.5 Å². The van der Waals surface area contributed by atoms with Gasteiger partial charge in [0.05, 0.1) is 26.9 Å². The summed E-state index contributed by atoms with van der Waals surface area (Å²) in [5.74, 6) is 0.421. The molecule has 0 atom stereocenters. The molecular formula is C13H21NO5. The Morgan fingerprint density at radius 3 is 2.74 bits per heavy atom. The Morgan fingerprint density at radius 2 is 2.16 bits per heavy atom. The van der Waals surface area contributed by atoms with Gasteiger partial charge >= 0.3 is 5.97 Å². The highest BCUT2D eigenvalue weighted by atomic mass is 16.5. The van der Waals surface area contributed by atoms with Crippen molar-refractivity contribution in [3.63, 3.8) is 0 Å². The first kappa shape index (κ1) is 15.7. The van der Waals surface area contributed by atoms with Gasteiger partial charge in [0.1, 0.15) is 5.76 Å². The fraction of sp³-hybridized carbons (Fsp3) is 0.615. The number of hydrogen-bond acceptors (Lipinski definition) is 6. The highest BCUT2D eigenvalue weighted by Crippen LogP contribution is 2.17. The summed E-state index contributed by atoms with van der Waals surface area (Å²) >= 11 is 0. The van der Waals surface area contributed by atoms with E-state index in [4.69, 9.17) is 14.3 Å². The summed E-state index contributed by atoms with van der Waals surface area (Å²) < 4.78 is 15.1. The minimum absolute atomic E-state index is 0.0628. The first-order chi connectivity index (χ1) is 9.12. The van der Waals surface area contributed by atoms with Crippen LogP contribution in [0.25, 0.3) is 0 Å². The van der Waals surface area contributed by atoms with Crippen molar-refractivity contribution < 1.29 is 23.8 Å². The second kappa shape index (κ2) is 7.93. The van der Waals surface area contributed by atoms with E-state index in [1.807, 2.05) is 11.0 Å². The van der Waals surface area contributed by atoms with Crippen molar-refractivity contribution in [3.8, 4) is 0 Å². The molecule has 6 nitrogen and oxygen atoms in total. The lowest BCUT2D eigenvalue weighted by Crippen LogP contribution is -2.29. The molecule has 19 heavy (non-hydrogen) atoms. The third-order valence-corrected chi connectivity index (χ3v) is 2.75. The van der Waals surface area contributed by atoms with Crippen LogP contribution < -0.4 is 0 Å². The Balaban J connectivity index is 2.70. The topological polar surface area (TPSA) is 72.1 Å². The lowest BCUT2D eigenvalue weighted by atomic mass is 10.2. The van der Waals surface area contributed by atoms with E-state index in [0.29, 0.717) is 32.0 Å². The Bertz CT molecular complexity index is 402.